The first-order valence-electron chi connectivity index (χ1n) is 10.6. The summed E-state index contributed by atoms with van der Waals surface area (Å²) in [5, 5.41) is 6.39. The van der Waals surface area contributed by atoms with Crippen LogP contribution in [0.4, 0.5) is 17.2 Å². The van der Waals surface area contributed by atoms with Crippen molar-refractivity contribution in [1.29, 1.82) is 0 Å². The largest absolute Gasteiger partial charge is 0.369 e. The Bertz CT molecular complexity index is 810. The molecule has 0 unspecified atom stereocenters. The van der Waals surface area contributed by atoms with Gasteiger partial charge >= 0.3 is 0 Å². The standard InChI is InChI=1S/C22H30N6O/c1-27-11-13-28(14-12-27)19-9-7-18(8-10-19)25-21-15-20(23-16-24-21)22(29)26-17-5-3-2-4-6-17/h7-10,15-17H,2-6,11-14H2,1H3,(H,26,29)(H,23,24,25). The maximum absolute atomic E-state index is 12.5. The van der Waals surface area contributed by atoms with Gasteiger partial charge in [0.25, 0.3) is 5.91 Å². The first kappa shape index (κ1) is 19.6. The lowest BCUT2D eigenvalue weighted by molar-refractivity contribution is 0.0922. The normalized spacial score (nSPS) is 18.4. The number of nitrogens with zero attached hydrogens (tertiary/aromatic N) is 4. The van der Waals surface area contributed by atoms with Gasteiger partial charge in [-0.05, 0) is 44.2 Å². The molecule has 0 spiro atoms. The zero-order valence-corrected chi connectivity index (χ0v) is 17.1. The fourth-order valence-electron chi connectivity index (χ4n) is 4.02. The number of carbonyl (C=O) groups is 1. The zero-order chi connectivity index (χ0) is 20.1. The van der Waals surface area contributed by atoms with Gasteiger partial charge in [-0.25, -0.2) is 9.97 Å². The van der Waals surface area contributed by atoms with E-state index in [2.05, 4.69) is 61.7 Å². The molecule has 2 aliphatic rings. The SMILES string of the molecule is CN1CCN(c2ccc(Nc3cc(C(=O)NC4CCCCC4)ncn3)cc2)CC1. The van der Waals surface area contributed by atoms with Crippen LogP contribution in [0.2, 0.25) is 0 Å². The number of nitrogens with one attached hydrogen (secondary N) is 2. The summed E-state index contributed by atoms with van der Waals surface area (Å²) >= 11 is 0. The minimum absolute atomic E-state index is 0.118. The van der Waals surface area contributed by atoms with E-state index in [0.717, 1.165) is 44.7 Å². The van der Waals surface area contributed by atoms with Crippen LogP contribution in [0.5, 0.6) is 0 Å². The molecule has 7 nitrogen and oxygen atoms in total. The van der Waals surface area contributed by atoms with Gasteiger partial charge in [-0.3, -0.25) is 4.79 Å². The number of aromatic nitrogens is 2. The third kappa shape index (κ3) is 5.23. The summed E-state index contributed by atoms with van der Waals surface area (Å²) in [6.45, 7) is 4.28. The number of piperazine rings is 1. The highest BCUT2D eigenvalue weighted by atomic mass is 16.1. The van der Waals surface area contributed by atoms with Crippen molar-refractivity contribution in [1.82, 2.24) is 20.2 Å². The number of carbonyl (C=O) groups excluding carboxylic acids is 1. The average molecular weight is 395 g/mol. The second-order valence-electron chi connectivity index (χ2n) is 8.06. The van der Waals surface area contributed by atoms with Crippen molar-refractivity contribution in [3.63, 3.8) is 0 Å². The van der Waals surface area contributed by atoms with Crippen molar-refractivity contribution in [2.45, 2.75) is 38.1 Å². The Morgan fingerprint density at radius 1 is 1.00 bits per heavy atom. The van der Waals surface area contributed by atoms with Gasteiger partial charge in [-0.2, -0.15) is 0 Å². The molecule has 0 radical (unpaired) electrons. The van der Waals surface area contributed by atoms with Crippen molar-refractivity contribution in [3.05, 3.63) is 42.4 Å². The number of benzene rings is 1. The van der Waals surface area contributed by atoms with Crippen LogP contribution in [0.15, 0.2) is 36.7 Å². The highest BCUT2D eigenvalue weighted by molar-refractivity contribution is 5.93. The number of rotatable bonds is 5. The topological polar surface area (TPSA) is 73.4 Å². The Balaban J connectivity index is 1.36. The van der Waals surface area contributed by atoms with E-state index in [-0.39, 0.29) is 11.9 Å². The molecule has 2 fully saturated rings. The molecule has 1 aromatic carbocycles. The monoisotopic (exact) mass is 394 g/mol. The van der Waals surface area contributed by atoms with Gasteiger partial charge in [-0.15, -0.1) is 0 Å². The lowest BCUT2D eigenvalue weighted by atomic mass is 9.95. The van der Waals surface area contributed by atoms with Crippen molar-refractivity contribution < 1.29 is 4.79 Å². The van der Waals surface area contributed by atoms with Crippen LogP contribution in [0.3, 0.4) is 0 Å². The van der Waals surface area contributed by atoms with Gasteiger partial charge < -0.3 is 20.4 Å². The summed E-state index contributed by atoms with van der Waals surface area (Å²) in [6, 6.07) is 10.4. The molecule has 7 heteroatoms. The van der Waals surface area contributed by atoms with Crippen LogP contribution >= 0.6 is 0 Å². The van der Waals surface area contributed by atoms with Crippen molar-refractivity contribution in [2.24, 2.45) is 0 Å². The van der Waals surface area contributed by atoms with E-state index in [4.69, 9.17) is 0 Å². The van der Waals surface area contributed by atoms with Crippen LogP contribution in [-0.2, 0) is 0 Å². The van der Waals surface area contributed by atoms with Gasteiger partial charge in [0.1, 0.15) is 17.8 Å². The molecule has 2 aromatic rings. The molecule has 1 aliphatic carbocycles. The molecule has 4 rings (SSSR count). The van der Waals surface area contributed by atoms with Gasteiger partial charge in [0.05, 0.1) is 0 Å². The van der Waals surface area contributed by atoms with E-state index in [1.807, 2.05) is 0 Å². The molecule has 2 N–H and O–H groups in total. The Hall–Kier alpha value is -2.67. The quantitative estimate of drug-likeness (QED) is 0.812. The molecule has 0 atom stereocenters. The highest BCUT2D eigenvalue weighted by Crippen LogP contribution is 2.22. The smallest absolute Gasteiger partial charge is 0.270 e. The Labute approximate surface area is 172 Å². The zero-order valence-electron chi connectivity index (χ0n) is 17.1. The predicted octanol–water partition coefficient (Wildman–Crippen LogP) is 3.03. The summed E-state index contributed by atoms with van der Waals surface area (Å²) in [5.74, 6) is 0.508. The molecule has 154 valence electrons. The molecular weight excluding hydrogens is 364 g/mol. The van der Waals surface area contributed by atoms with E-state index in [9.17, 15) is 4.79 Å². The molecule has 29 heavy (non-hydrogen) atoms. The second kappa shape index (κ2) is 9.22. The Kier molecular flexibility index (Phi) is 6.24. The maximum atomic E-state index is 12.5. The van der Waals surface area contributed by atoms with Gasteiger partial charge in [0.15, 0.2) is 0 Å². The fourth-order valence-corrected chi connectivity index (χ4v) is 4.02. The lowest BCUT2D eigenvalue weighted by Gasteiger charge is -2.34. The van der Waals surface area contributed by atoms with Crippen LogP contribution in [0, 0.1) is 0 Å². The molecule has 1 saturated heterocycles. The van der Waals surface area contributed by atoms with Crippen LogP contribution in [0.25, 0.3) is 0 Å². The first-order valence-corrected chi connectivity index (χ1v) is 10.6. The number of likely N-dealkylation sites (N-methyl/N-ethyl adjacent to an activating group) is 1. The van der Waals surface area contributed by atoms with Crippen molar-refractivity contribution >= 4 is 23.1 Å². The minimum atomic E-state index is -0.118. The van der Waals surface area contributed by atoms with E-state index in [1.165, 1.54) is 31.3 Å². The van der Waals surface area contributed by atoms with Crippen molar-refractivity contribution in [3.8, 4) is 0 Å². The van der Waals surface area contributed by atoms with Crippen LogP contribution < -0.4 is 15.5 Å². The summed E-state index contributed by atoms with van der Waals surface area (Å²) in [5.41, 5.74) is 2.58. The molecule has 1 aliphatic heterocycles. The number of anilines is 3. The van der Waals surface area contributed by atoms with Crippen molar-refractivity contribution in [2.75, 3.05) is 43.4 Å². The van der Waals surface area contributed by atoms with E-state index in [0.29, 0.717) is 11.5 Å². The molecule has 1 amide bonds. The minimum Gasteiger partial charge on any atom is -0.369 e. The summed E-state index contributed by atoms with van der Waals surface area (Å²) in [4.78, 5) is 25.7. The number of hydrogen-bond donors (Lipinski definition) is 2. The lowest BCUT2D eigenvalue weighted by Crippen LogP contribution is -2.44. The highest BCUT2D eigenvalue weighted by Gasteiger charge is 2.18. The van der Waals surface area contributed by atoms with E-state index in [1.54, 1.807) is 6.07 Å². The molecular formula is C22H30N6O. The Morgan fingerprint density at radius 3 is 2.45 bits per heavy atom. The van der Waals surface area contributed by atoms with Gasteiger partial charge in [0, 0.05) is 49.7 Å². The van der Waals surface area contributed by atoms with Crippen LogP contribution in [-0.4, -0.2) is 60.0 Å². The summed E-state index contributed by atoms with van der Waals surface area (Å²) < 4.78 is 0. The van der Waals surface area contributed by atoms with Gasteiger partial charge in [0.2, 0.25) is 0 Å². The number of amides is 1. The Morgan fingerprint density at radius 2 is 1.72 bits per heavy atom. The average Bonchev–Trinajstić information content (AvgIpc) is 2.76. The molecule has 0 bridgehead atoms. The third-order valence-electron chi connectivity index (χ3n) is 5.85. The molecule has 2 heterocycles. The fraction of sp³-hybridized carbons (Fsp3) is 0.500. The predicted molar refractivity (Wildman–Crippen MR) is 116 cm³/mol. The van der Waals surface area contributed by atoms with Gasteiger partial charge in [-0.1, -0.05) is 19.3 Å². The van der Waals surface area contributed by atoms with E-state index >= 15 is 0 Å². The summed E-state index contributed by atoms with van der Waals surface area (Å²) in [7, 11) is 2.16. The van der Waals surface area contributed by atoms with E-state index < -0.39 is 0 Å². The second-order valence-corrected chi connectivity index (χ2v) is 8.06. The third-order valence-corrected chi connectivity index (χ3v) is 5.85. The molecule has 1 saturated carbocycles. The first-order chi connectivity index (χ1) is 14.2. The number of hydrogen-bond acceptors (Lipinski definition) is 6. The van der Waals surface area contributed by atoms with Crippen LogP contribution in [0.1, 0.15) is 42.6 Å². The maximum Gasteiger partial charge on any atom is 0.270 e. The molecule has 1 aromatic heterocycles. The summed E-state index contributed by atoms with van der Waals surface area (Å²) in [6.07, 6.45) is 7.19.